The first kappa shape index (κ1) is 13.0. The van der Waals surface area contributed by atoms with E-state index in [1.165, 1.54) is 6.33 Å². The molecule has 2 rings (SSSR count). The topological polar surface area (TPSA) is 121 Å². The van der Waals surface area contributed by atoms with E-state index in [1.54, 1.807) is 17.0 Å². The van der Waals surface area contributed by atoms with Gasteiger partial charge in [-0.1, -0.05) is 0 Å². The van der Waals surface area contributed by atoms with Crippen molar-refractivity contribution in [3.05, 3.63) is 24.0 Å². The molecule has 9 nitrogen and oxygen atoms in total. The summed E-state index contributed by atoms with van der Waals surface area (Å²) in [6.45, 7) is 0.395. The lowest BCUT2D eigenvalue weighted by molar-refractivity contribution is 0.161. The molecule has 0 bridgehead atoms. The highest BCUT2D eigenvalue weighted by atomic mass is 35.5. The van der Waals surface area contributed by atoms with Crippen LogP contribution in [0.15, 0.2) is 18.7 Å². The minimum Gasteiger partial charge on any atom is -0.448 e. The van der Waals surface area contributed by atoms with Gasteiger partial charge in [-0.25, -0.2) is 9.78 Å². The van der Waals surface area contributed by atoms with Crippen molar-refractivity contribution in [2.45, 2.75) is 0 Å². The molecule has 2 aromatic rings. The van der Waals surface area contributed by atoms with Crippen molar-refractivity contribution in [3.63, 3.8) is 0 Å². The molecule has 1 amide bonds. The summed E-state index contributed by atoms with van der Waals surface area (Å²) in [4.78, 5) is 26.2. The van der Waals surface area contributed by atoms with Gasteiger partial charge >= 0.3 is 6.09 Å². The number of imidazole rings is 1. The largest absolute Gasteiger partial charge is 0.448 e. The highest BCUT2D eigenvalue weighted by Gasteiger charge is 2.06. The summed E-state index contributed by atoms with van der Waals surface area (Å²) >= 11 is 5.79. The van der Waals surface area contributed by atoms with Crippen molar-refractivity contribution in [2.75, 3.05) is 18.5 Å². The molecule has 0 aliphatic rings. The zero-order valence-electron chi connectivity index (χ0n) is 9.65. The molecule has 0 aliphatic carbocycles. The molecule has 0 saturated carbocycles. The van der Waals surface area contributed by atoms with Crippen molar-refractivity contribution in [1.29, 1.82) is 0 Å². The molecule has 2 heterocycles. The van der Waals surface area contributed by atoms with Crippen molar-refractivity contribution < 1.29 is 9.53 Å². The van der Waals surface area contributed by atoms with Gasteiger partial charge in [0.25, 0.3) is 0 Å². The van der Waals surface area contributed by atoms with Gasteiger partial charge in [-0.2, -0.15) is 15.0 Å². The van der Waals surface area contributed by atoms with Crippen LogP contribution in [-0.4, -0.2) is 43.7 Å². The molecule has 0 aliphatic heterocycles. The van der Waals surface area contributed by atoms with Gasteiger partial charge in [0.1, 0.15) is 12.9 Å². The van der Waals surface area contributed by atoms with Crippen molar-refractivity contribution in [3.8, 4) is 5.95 Å². The first-order valence-corrected chi connectivity index (χ1v) is 5.59. The van der Waals surface area contributed by atoms with Crippen molar-refractivity contribution in [2.24, 2.45) is 5.73 Å². The van der Waals surface area contributed by atoms with E-state index in [0.29, 0.717) is 12.5 Å². The van der Waals surface area contributed by atoms with Crippen LogP contribution in [0.25, 0.3) is 5.95 Å². The molecule has 0 unspecified atom stereocenters. The van der Waals surface area contributed by atoms with Crippen LogP contribution in [0.1, 0.15) is 0 Å². The Morgan fingerprint density at radius 2 is 2.32 bits per heavy atom. The quantitative estimate of drug-likeness (QED) is 0.753. The molecular weight excluding hydrogens is 274 g/mol. The summed E-state index contributed by atoms with van der Waals surface area (Å²) in [5.41, 5.74) is 4.82. The molecule has 0 saturated heterocycles. The molecule has 10 heteroatoms. The lowest BCUT2D eigenvalue weighted by Gasteiger charge is -2.06. The van der Waals surface area contributed by atoms with Crippen LogP contribution in [0.2, 0.25) is 5.28 Å². The molecule has 19 heavy (non-hydrogen) atoms. The second-order valence-electron chi connectivity index (χ2n) is 3.29. The smallest absolute Gasteiger partial charge is 0.404 e. The Morgan fingerprint density at radius 3 is 3.00 bits per heavy atom. The summed E-state index contributed by atoms with van der Waals surface area (Å²) in [5, 5.41) is 2.87. The minimum atomic E-state index is -0.838. The molecule has 0 spiro atoms. The number of anilines is 1. The number of nitrogens with two attached hydrogens (primary N) is 1. The van der Waals surface area contributed by atoms with E-state index in [9.17, 15) is 4.79 Å². The first-order chi connectivity index (χ1) is 9.15. The second-order valence-corrected chi connectivity index (χ2v) is 3.63. The lowest BCUT2D eigenvalue weighted by Crippen LogP contribution is -2.19. The molecule has 100 valence electrons. The van der Waals surface area contributed by atoms with E-state index in [4.69, 9.17) is 17.3 Å². The number of carbonyl (C=O) groups excluding carboxylic acids is 1. The molecule has 3 N–H and O–H groups in total. The van der Waals surface area contributed by atoms with Gasteiger partial charge in [0, 0.05) is 12.4 Å². The Morgan fingerprint density at radius 1 is 1.47 bits per heavy atom. The SMILES string of the molecule is NC(=O)OCCNc1nc(Cl)nc(-n2ccnc2)n1. The average Bonchev–Trinajstić information content (AvgIpc) is 2.87. The van der Waals surface area contributed by atoms with E-state index in [1.807, 2.05) is 0 Å². The third-order valence-corrected chi connectivity index (χ3v) is 2.13. The summed E-state index contributed by atoms with van der Waals surface area (Å²) < 4.78 is 6.14. The highest BCUT2D eigenvalue weighted by Crippen LogP contribution is 2.08. The van der Waals surface area contributed by atoms with Crippen molar-refractivity contribution in [1.82, 2.24) is 24.5 Å². The standard InChI is InChI=1S/C9H10ClN7O2/c10-6-14-8(13-2-4-19-7(11)18)16-9(15-6)17-3-1-12-5-17/h1,3,5H,2,4H2,(H2,11,18)(H,13,14,15,16). The van der Waals surface area contributed by atoms with Gasteiger partial charge in [-0.05, 0) is 11.6 Å². The fourth-order valence-electron chi connectivity index (χ4n) is 1.23. The summed E-state index contributed by atoms with van der Waals surface area (Å²) in [7, 11) is 0. The average molecular weight is 284 g/mol. The zero-order valence-corrected chi connectivity index (χ0v) is 10.4. The van der Waals surface area contributed by atoms with E-state index in [0.717, 1.165) is 0 Å². The molecule has 0 aromatic carbocycles. The normalized spacial score (nSPS) is 10.2. The van der Waals surface area contributed by atoms with Crippen LogP contribution in [-0.2, 0) is 4.74 Å². The fourth-order valence-corrected chi connectivity index (χ4v) is 1.38. The Hall–Kier alpha value is -2.42. The van der Waals surface area contributed by atoms with Crippen LogP contribution in [0.4, 0.5) is 10.7 Å². The van der Waals surface area contributed by atoms with Gasteiger partial charge in [0.15, 0.2) is 0 Å². The lowest BCUT2D eigenvalue weighted by atomic mass is 10.6. The molecule has 0 radical (unpaired) electrons. The molecule has 0 atom stereocenters. The van der Waals surface area contributed by atoms with Crippen molar-refractivity contribution >= 4 is 23.6 Å². The van der Waals surface area contributed by atoms with Crippen LogP contribution in [0, 0.1) is 0 Å². The molecule has 2 aromatic heterocycles. The highest BCUT2D eigenvalue weighted by molar-refractivity contribution is 6.28. The maximum atomic E-state index is 10.4. The number of rotatable bonds is 5. The molecular formula is C9H10ClN7O2. The maximum Gasteiger partial charge on any atom is 0.404 e. The van der Waals surface area contributed by atoms with Crippen LogP contribution in [0.3, 0.4) is 0 Å². The number of ether oxygens (including phenoxy) is 1. The number of nitrogens with zero attached hydrogens (tertiary/aromatic N) is 5. The number of hydrogen-bond donors (Lipinski definition) is 2. The van der Waals surface area contributed by atoms with Gasteiger partial charge in [0.05, 0.1) is 6.54 Å². The monoisotopic (exact) mass is 283 g/mol. The third kappa shape index (κ3) is 3.78. The number of hydrogen-bond acceptors (Lipinski definition) is 7. The minimum absolute atomic E-state index is 0.0389. The van der Waals surface area contributed by atoms with E-state index >= 15 is 0 Å². The van der Waals surface area contributed by atoms with Crippen LogP contribution in [0.5, 0.6) is 0 Å². The summed E-state index contributed by atoms with van der Waals surface area (Å²) in [6.07, 6.45) is 3.96. The Bertz CT molecular complexity index is 560. The fraction of sp³-hybridized carbons (Fsp3) is 0.222. The first-order valence-electron chi connectivity index (χ1n) is 5.21. The van der Waals surface area contributed by atoms with Crippen LogP contribution >= 0.6 is 11.6 Å². The summed E-state index contributed by atoms with van der Waals surface area (Å²) in [6, 6.07) is 0. The number of primary amides is 1. The maximum absolute atomic E-state index is 10.4. The van der Waals surface area contributed by atoms with Crippen LogP contribution < -0.4 is 11.1 Å². The predicted octanol–water partition coefficient (Wildman–Crippen LogP) is 0.218. The Labute approximate surface area is 112 Å². The van der Waals surface area contributed by atoms with E-state index < -0.39 is 6.09 Å². The number of aromatic nitrogens is 5. The number of amides is 1. The second kappa shape index (κ2) is 5.96. The predicted molar refractivity (Wildman–Crippen MR) is 66.0 cm³/mol. The van der Waals surface area contributed by atoms with E-state index in [2.05, 4.69) is 30.0 Å². The zero-order chi connectivity index (χ0) is 13.7. The number of halogens is 1. The van der Waals surface area contributed by atoms with Gasteiger partial charge in [-0.15, -0.1) is 0 Å². The number of nitrogens with one attached hydrogen (secondary N) is 1. The number of carbonyl (C=O) groups is 1. The molecule has 0 fully saturated rings. The van der Waals surface area contributed by atoms with Gasteiger partial charge in [0.2, 0.25) is 17.2 Å². The van der Waals surface area contributed by atoms with E-state index in [-0.39, 0.29) is 17.8 Å². The Kier molecular flexibility index (Phi) is 4.08. The van der Waals surface area contributed by atoms with Gasteiger partial charge < -0.3 is 15.8 Å². The summed E-state index contributed by atoms with van der Waals surface area (Å²) in [5.74, 6) is 0.590. The Balaban J connectivity index is 2.03. The van der Waals surface area contributed by atoms with Gasteiger partial charge in [-0.3, -0.25) is 4.57 Å². The third-order valence-electron chi connectivity index (χ3n) is 1.96.